The summed E-state index contributed by atoms with van der Waals surface area (Å²) in [6.45, 7) is -0.792. The molecular weight excluding hydrogens is 248 g/mol. The molecule has 0 aromatic carbocycles. The van der Waals surface area contributed by atoms with Gasteiger partial charge in [-0.25, -0.2) is 0 Å². The number of carbonyl (C=O) groups is 1. The Hall–Kier alpha value is -0.0500. The molecule has 0 aliphatic heterocycles. The first-order valence-electron chi connectivity index (χ1n) is 3.39. The summed E-state index contributed by atoms with van der Waals surface area (Å²) < 4.78 is -2.33. The van der Waals surface area contributed by atoms with Gasteiger partial charge in [0.2, 0.25) is 4.51 Å². The lowest BCUT2D eigenvalue weighted by molar-refractivity contribution is -0.141. The Labute approximate surface area is 82.6 Å². The zero-order valence-corrected chi connectivity index (χ0v) is 8.12. The van der Waals surface area contributed by atoms with Gasteiger partial charge in [0, 0.05) is 0 Å². The summed E-state index contributed by atoms with van der Waals surface area (Å²) in [7, 11) is 0. The van der Waals surface area contributed by atoms with E-state index in [1.165, 1.54) is 0 Å². The summed E-state index contributed by atoms with van der Waals surface area (Å²) in [5.41, 5.74) is 0. The van der Waals surface area contributed by atoms with Crippen LogP contribution in [0.1, 0.15) is 0 Å². The van der Waals surface area contributed by atoms with Crippen LogP contribution in [0.15, 0.2) is 0 Å². The first-order valence-corrected chi connectivity index (χ1v) is 4.18. The van der Waals surface area contributed by atoms with Crippen LogP contribution in [0.2, 0.25) is 0 Å². The first kappa shape index (κ1) is 12.9. The Morgan fingerprint density at radius 3 is 2.15 bits per heavy atom. The maximum Gasteiger partial charge on any atom is 0.203 e. The van der Waals surface area contributed by atoms with E-state index >= 15 is 0 Å². The van der Waals surface area contributed by atoms with Crippen molar-refractivity contribution in [1.29, 1.82) is 0 Å². The SMILES string of the molecule is O=C[C@](O)(Br)[C@@H](O)[C@H](O)[C@H](O)CO. The van der Waals surface area contributed by atoms with E-state index in [4.69, 9.17) is 25.5 Å². The Kier molecular flexibility index (Phi) is 4.97. The summed E-state index contributed by atoms with van der Waals surface area (Å²) >= 11 is 2.43. The van der Waals surface area contributed by atoms with Gasteiger partial charge in [0.05, 0.1) is 6.61 Å². The van der Waals surface area contributed by atoms with Crippen LogP contribution in [0.4, 0.5) is 0 Å². The largest absolute Gasteiger partial charge is 0.394 e. The second-order valence-corrected chi connectivity index (χ2v) is 3.80. The molecule has 0 saturated carbocycles. The molecule has 0 bridgehead atoms. The van der Waals surface area contributed by atoms with E-state index < -0.39 is 29.4 Å². The van der Waals surface area contributed by atoms with Crippen molar-refractivity contribution in [2.45, 2.75) is 22.8 Å². The standard InChI is InChI=1S/C6H11BrO6/c7-6(13,2-9)5(12)4(11)3(10)1-8/h2-5,8,10-13H,1H2/t3-,4-,5+,6-/m1/s1. The maximum atomic E-state index is 10.2. The van der Waals surface area contributed by atoms with Crippen LogP contribution in [0.5, 0.6) is 0 Å². The highest BCUT2D eigenvalue weighted by atomic mass is 79.9. The van der Waals surface area contributed by atoms with Gasteiger partial charge in [0.15, 0.2) is 6.29 Å². The van der Waals surface area contributed by atoms with Crippen molar-refractivity contribution in [2.75, 3.05) is 6.61 Å². The Morgan fingerprint density at radius 2 is 1.85 bits per heavy atom. The molecule has 7 heteroatoms. The van der Waals surface area contributed by atoms with E-state index in [9.17, 15) is 4.79 Å². The number of aliphatic hydroxyl groups excluding tert-OH is 4. The Bertz CT molecular complexity index is 173. The third kappa shape index (κ3) is 3.29. The minimum Gasteiger partial charge on any atom is -0.394 e. The smallest absolute Gasteiger partial charge is 0.203 e. The van der Waals surface area contributed by atoms with Crippen molar-refractivity contribution in [1.82, 2.24) is 0 Å². The highest BCUT2D eigenvalue weighted by molar-refractivity contribution is 9.10. The molecule has 0 heterocycles. The molecule has 5 N–H and O–H groups in total. The van der Waals surface area contributed by atoms with Crippen molar-refractivity contribution in [2.24, 2.45) is 0 Å². The van der Waals surface area contributed by atoms with Gasteiger partial charge in [-0.15, -0.1) is 0 Å². The molecule has 0 aromatic heterocycles. The van der Waals surface area contributed by atoms with Gasteiger partial charge in [0.1, 0.15) is 18.3 Å². The summed E-state index contributed by atoms with van der Waals surface area (Å²) in [4.78, 5) is 10.2. The third-order valence-corrected chi connectivity index (χ3v) is 2.14. The number of aldehydes is 1. The fourth-order valence-corrected chi connectivity index (χ4v) is 0.898. The highest BCUT2D eigenvalue weighted by Gasteiger charge is 2.40. The fourth-order valence-electron chi connectivity index (χ4n) is 0.628. The van der Waals surface area contributed by atoms with Gasteiger partial charge < -0.3 is 25.5 Å². The van der Waals surface area contributed by atoms with Crippen LogP contribution >= 0.6 is 15.9 Å². The van der Waals surface area contributed by atoms with Crippen molar-refractivity contribution in [3.63, 3.8) is 0 Å². The van der Waals surface area contributed by atoms with E-state index in [1.807, 2.05) is 0 Å². The van der Waals surface area contributed by atoms with Crippen LogP contribution in [0.25, 0.3) is 0 Å². The van der Waals surface area contributed by atoms with Gasteiger partial charge >= 0.3 is 0 Å². The molecule has 0 aromatic rings. The van der Waals surface area contributed by atoms with Gasteiger partial charge in [-0.2, -0.15) is 0 Å². The lowest BCUT2D eigenvalue weighted by atomic mass is 10.0. The van der Waals surface area contributed by atoms with E-state index in [0.717, 1.165) is 0 Å². The number of hydrogen-bond donors (Lipinski definition) is 5. The molecule has 0 saturated heterocycles. The van der Waals surface area contributed by atoms with Gasteiger partial charge in [-0.05, 0) is 15.9 Å². The number of aliphatic hydroxyl groups is 5. The number of carbonyl (C=O) groups excluding carboxylic acids is 1. The van der Waals surface area contributed by atoms with Crippen LogP contribution in [-0.2, 0) is 4.79 Å². The van der Waals surface area contributed by atoms with E-state index in [-0.39, 0.29) is 6.29 Å². The summed E-state index contributed by atoms with van der Waals surface area (Å²) in [6, 6.07) is 0. The third-order valence-electron chi connectivity index (χ3n) is 1.48. The van der Waals surface area contributed by atoms with Crippen LogP contribution < -0.4 is 0 Å². The van der Waals surface area contributed by atoms with E-state index in [0.29, 0.717) is 0 Å². The lowest BCUT2D eigenvalue weighted by Gasteiger charge is -2.27. The molecule has 0 rings (SSSR count). The minimum absolute atomic E-state index is 0.0367. The van der Waals surface area contributed by atoms with Crippen molar-refractivity contribution >= 4 is 22.2 Å². The first-order chi connectivity index (χ1) is 5.86. The van der Waals surface area contributed by atoms with Gasteiger partial charge in [-0.1, -0.05) is 0 Å². The number of hydrogen-bond acceptors (Lipinski definition) is 6. The van der Waals surface area contributed by atoms with Crippen LogP contribution in [-0.4, -0.2) is 61.2 Å². The molecule has 0 radical (unpaired) electrons. The lowest BCUT2D eigenvalue weighted by Crippen LogP contribution is -2.51. The van der Waals surface area contributed by atoms with Crippen molar-refractivity contribution < 1.29 is 30.3 Å². The normalized spacial score (nSPS) is 22.9. The predicted molar refractivity (Wildman–Crippen MR) is 45.0 cm³/mol. The number of rotatable bonds is 5. The molecule has 0 aliphatic rings. The molecule has 6 nitrogen and oxygen atoms in total. The molecule has 0 amide bonds. The number of alkyl halides is 1. The Balaban J connectivity index is 4.40. The van der Waals surface area contributed by atoms with E-state index in [2.05, 4.69) is 15.9 Å². The molecule has 0 spiro atoms. The van der Waals surface area contributed by atoms with Crippen LogP contribution in [0.3, 0.4) is 0 Å². The maximum absolute atomic E-state index is 10.2. The van der Waals surface area contributed by atoms with Crippen molar-refractivity contribution in [3.8, 4) is 0 Å². The molecule has 0 fully saturated rings. The second kappa shape index (κ2) is 4.99. The fraction of sp³-hybridized carbons (Fsp3) is 0.833. The molecule has 78 valence electrons. The van der Waals surface area contributed by atoms with Crippen molar-refractivity contribution in [3.05, 3.63) is 0 Å². The summed E-state index contributed by atoms with van der Waals surface area (Å²) in [6.07, 6.45) is -5.41. The zero-order chi connectivity index (χ0) is 10.6. The molecule has 0 aliphatic carbocycles. The van der Waals surface area contributed by atoms with Crippen LogP contribution in [0, 0.1) is 0 Å². The van der Waals surface area contributed by atoms with Gasteiger partial charge in [-0.3, -0.25) is 4.79 Å². The molecule has 13 heavy (non-hydrogen) atoms. The second-order valence-electron chi connectivity index (χ2n) is 2.53. The average Bonchev–Trinajstić information content (AvgIpc) is 2.14. The quantitative estimate of drug-likeness (QED) is 0.272. The minimum atomic E-state index is -2.33. The monoisotopic (exact) mass is 258 g/mol. The average molecular weight is 259 g/mol. The number of halogens is 1. The topological polar surface area (TPSA) is 118 Å². The Morgan fingerprint density at radius 1 is 1.38 bits per heavy atom. The van der Waals surface area contributed by atoms with E-state index in [1.54, 1.807) is 0 Å². The highest BCUT2D eigenvalue weighted by Crippen LogP contribution is 2.20. The summed E-state index contributed by atoms with van der Waals surface area (Å²) in [5, 5.41) is 44.4. The molecule has 4 atom stereocenters. The molecular formula is C6H11BrO6. The molecule has 0 unspecified atom stereocenters. The zero-order valence-electron chi connectivity index (χ0n) is 6.54. The summed E-state index contributed by atoms with van der Waals surface area (Å²) in [5.74, 6) is 0. The van der Waals surface area contributed by atoms with Gasteiger partial charge in [0.25, 0.3) is 0 Å². The predicted octanol–water partition coefficient (Wildman–Crippen LogP) is -2.66.